The lowest BCUT2D eigenvalue weighted by Crippen LogP contribution is -2.53. The Labute approximate surface area is 131 Å². The van der Waals surface area contributed by atoms with Gasteiger partial charge in [0.1, 0.15) is 0 Å². The van der Waals surface area contributed by atoms with Gasteiger partial charge >= 0.3 is 0 Å². The minimum Gasteiger partial charge on any atom is -0.272 e. The number of thiazole rings is 1. The molecule has 0 aliphatic carbocycles. The van der Waals surface area contributed by atoms with Gasteiger partial charge in [-0.1, -0.05) is 18.3 Å². The number of anilines is 1. The summed E-state index contributed by atoms with van der Waals surface area (Å²) in [5, 5.41) is 7.85. The van der Waals surface area contributed by atoms with Crippen LogP contribution in [0.25, 0.3) is 0 Å². The Balaban J connectivity index is 2.34. The molecule has 1 aliphatic heterocycles. The molecule has 0 bridgehead atoms. The monoisotopic (exact) mass is 334 g/mol. The van der Waals surface area contributed by atoms with E-state index in [0.717, 1.165) is 13.0 Å². The zero-order valence-corrected chi connectivity index (χ0v) is 13.4. The molecule has 2 rings (SSSR count). The Hall–Kier alpha value is -0.350. The second kappa shape index (κ2) is 6.20. The van der Waals surface area contributed by atoms with Crippen LogP contribution in [0, 0.1) is 0 Å². The van der Waals surface area contributed by atoms with E-state index in [1.54, 1.807) is 16.3 Å². The van der Waals surface area contributed by atoms with Crippen LogP contribution in [0.4, 0.5) is 5.13 Å². The third kappa shape index (κ3) is 2.97. The van der Waals surface area contributed by atoms with Gasteiger partial charge in [-0.25, -0.2) is 4.98 Å². The van der Waals surface area contributed by atoms with Crippen LogP contribution < -0.4 is 5.01 Å². The van der Waals surface area contributed by atoms with Gasteiger partial charge in [-0.2, -0.15) is 10.1 Å². The number of hydrazine groups is 2. The Bertz CT molecular complexity index is 471. The second-order valence-electron chi connectivity index (χ2n) is 3.32. The molecule has 0 saturated heterocycles. The summed E-state index contributed by atoms with van der Waals surface area (Å²) in [6, 6.07) is 0. The maximum absolute atomic E-state index is 5.18. The molecule has 4 nitrogen and oxygen atoms in total. The Morgan fingerprint density at radius 3 is 2.61 bits per heavy atom. The predicted octanol–water partition coefficient (Wildman–Crippen LogP) is 2.73. The number of aromatic nitrogens is 1. The summed E-state index contributed by atoms with van der Waals surface area (Å²) >= 11 is 20.3. The van der Waals surface area contributed by atoms with Crippen LogP contribution >= 0.6 is 61.0 Å². The van der Waals surface area contributed by atoms with Crippen LogP contribution in [-0.4, -0.2) is 30.3 Å². The lowest BCUT2D eigenvalue weighted by Gasteiger charge is -2.39. The first-order valence-electron chi connectivity index (χ1n) is 5.00. The van der Waals surface area contributed by atoms with Crippen molar-refractivity contribution in [3.8, 4) is 0 Å². The van der Waals surface area contributed by atoms with Crippen molar-refractivity contribution in [2.45, 2.75) is 6.42 Å². The number of thiocarbonyl (C=S) groups is 2. The fourth-order valence-corrected chi connectivity index (χ4v) is 3.00. The number of thiol groups is 2. The van der Waals surface area contributed by atoms with Gasteiger partial charge in [-0.15, -0.1) is 36.6 Å². The van der Waals surface area contributed by atoms with Gasteiger partial charge in [0.25, 0.3) is 0 Å². The summed E-state index contributed by atoms with van der Waals surface area (Å²) in [4.78, 5) is 4.23. The average molecular weight is 335 g/mol. The fraction of sp³-hybridized carbons (Fsp3) is 0.222. The molecular weight excluding hydrogens is 324 g/mol. The maximum Gasteiger partial charge on any atom is 0.212 e. The number of hydrogen-bond donors (Lipinski definition) is 2. The van der Waals surface area contributed by atoms with Gasteiger partial charge in [-0.3, -0.25) is 5.01 Å². The smallest absolute Gasteiger partial charge is 0.212 e. The minimum atomic E-state index is 0.363. The Morgan fingerprint density at radius 1 is 1.39 bits per heavy atom. The first-order valence-corrected chi connectivity index (χ1v) is 7.59. The van der Waals surface area contributed by atoms with E-state index in [4.69, 9.17) is 24.4 Å². The zero-order chi connectivity index (χ0) is 13.1. The van der Waals surface area contributed by atoms with Crippen LogP contribution in [0.3, 0.4) is 0 Å². The van der Waals surface area contributed by atoms with Gasteiger partial charge in [0.05, 0.1) is 0 Å². The predicted molar refractivity (Wildman–Crippen MR) is 90.1 cm³/mol. The molecule has 0 radical (unpaired) electrons. The molecule has 0 N–H and O–H groups in total. The van der Waals surface area contributed by atoms with E-state index in [9.17, 15) is 0 Å². The molecule has 0 saturated carbocycles. The summed E-state index contributed by atoms with van der Waals surface area (Å²) < 4.78 is 0.745. The summed E-state index contributed by atoms with van der Waals surface area (Å²) in [5.74, 6) is 0. The normalized spacial score (nSPS) is 13.8. The minimum absolute atomic E-state index is 0.363. The van der Waals surface area contributed by atoms with E-state index in [0.29, 0.717) is 13.8 Å². The summed E-state index contributed by atoms with van der Waals surface area (Å²) in [5.41, 5.74) is 0. The second-order valence-corrected chi connectivity index (χ2v) is 6.42. The van der Waals surface area contributed by atoms with Crippen molar-refractivity contribution in [3.63, 3.8) is 0 Å². The Morgan fingerprint density at radius 2 is 2.17 bits per heavy atom. The topological polar surface area (TPSA) is 22.6 Å². The maximum atomic E-state index is 5.18. The fourth-order valence-electron chi connectivity index (χ4n) is 1.51. The quantitative estimate of drug-likeness (QED) is 0.490. The molecular formula is C9H10N4S5. The first kappa shape index (κ1) is 14.1. The number of hydrogen-bond acceptors (Lipinski definition) is 5. The summed E-state index contributed by atoms with van der Waals surface area (Å²) in [7, 11) is 0. The van der Waals surface area contributed by atoms with Crippen molar-refractivity contribution in [1.29, 1.82) is 0 Å². The standard InChI is InChI=1S/C9H10N4S5/c14-8(15)12(7-10-3-6-18-7)13(9(16)17)11-4-1-2-5-11/h1,3-4,6H,2,5H2,(H,14,15)(H,16,17). The van der Waals surface area contributed by atoms with E-state index in [1.165, 1.54) is 11.3 Å². The first-order chi connectivity index (χ1) is 8.61. The van der Waals surface area contributed by atoms with E-state index < -0.39 is 0 Å². The molecule has 0 aromatic carbocycles. The van der Waals surface area contributed by atoms with Crippen LogP contribution in [0.5, 0.6) is 0 Å². The molecule has 9 heteroatoms. The van der Waals surface area contributed by atoms with Crippen molar-refractivity contribution in [1.82, 2.24) is 15.1 Å². The number of rotatable bonds is 2. The lowest BCUT2D eigenvalue weighted by atomic mass is 10.5. The highest BCUT2D eigenvalue weighted by Gasteiger charge is 2.27. The van der Waals surface area contributed by atoms with Crippen molar-refractivity contribution >= 4 is 74.8 Å². The van der Waals surface area contributed by atoms with Gasteiger partial charge < -0.3 is 0 Å². The molecule has 1 aromatic rings. The van der Waals surface area contributed by atoms with E-state index in [-0.39, 0.29) is 0 Å². The largest absolute Gasteiger partial charge is 0.272 e. The van der Waals surface area contributed by atoms with Crippen molar-refractivity contribution < 1.29 is 0 Å². The molecule has 0 fully saturated rings. The molecule has 1 aromatic heterocycles. The van der Waals surface area contributed by atoms with E-state index in [1.807, 2.05) is 16.6 Å². The van der Waals surface area contributed by atoms with Gasteiger partial charge in [-0.05, 0) is 18.6 Å². The molecule has 0 spiro atoms. The molecule has 0 amide bonds. The molecule has 0 atom stereocenters. The molecule has 2 heterocycles. The van der Waals surface area contributed by atoms with Crippen molar-refractivity contribution in [2.75, 3.05) is 11.6 Å². The highest BCUT2D eigenvalue weighted by atomic mass is 32.1. The third-order valence-corrected chi connectivity index (χ3v) is 3.64. The third-order valence-electron chi connectivity index (χ3n) is 2.19. The Kier molecular flexibility index (Phi) is 4.84. The molecule has 1 aliphatic rings. The molecule has 18 heavy (non-hydrogen) atoms. The van der Waals surface area contributed by atoms with E-state index in [2.05, 4.69) is 36.3 Å². The molecule has 0 unspecified atom stereocenters. The van der Waals surface area contributed by atoms with Gasteiger partial charge in [0.2, 0.25) is 5.13 Å². The van der Waals surface area contributed by atoms with Crippen LogP contribution in [0.2, 0.25) is 0 Å². The molecule has 96 valence electrons. The van der Waals surface area contributed by atoms with E-state index >= 15 is 0 Å². The highest BCUT2D eigenvalue weighted by molar-refractivity contribution is 8.12. The lowest BCUT2D eigenvalue weighted by molar-refractivity contribution is 0.129. The zero-order valence-electron chi connectivity index (χ0n) is 9.13. The van der Waals surface area contributed by atoms with Crippen molar-refractivity contribution in [2.24, 2.45) is 0 Å². The van der Waals surface area contributed by atoms with Crippen LogP contribution in [-0.2, 0) is 0 Å². The van der Waals surface area contributed by atoms with Gasteiger partial charge in [0, 0.05) is 24.3 Å². The van der Waals surface area contributed by atoms with Crippen molar-refractivity contribution in [3.05, 3.63) is 23.9 Å². The summed E-state index contributed by atoms with van der Waals surface area (Å²) in [6.45, 7) is 0.818. The average Bonchev–Trinajstić information content (AvgIpc) is 2.97. The van der Waals surface area contributed by atoms with Crippen LogP contribution in [0.15, 0.2) is 23.9 Å². The highest BCUT2D eigenvalue weighted by Crippen LogP contribution is 2.25. The summed E-state index contributed by atoms with van der Waals surface area (Å²) in [6.07, 6.45) is 6.66. The SMILES string of the molecule is S=C(S)N(c1nccs1)N(C(=S)S)N1C=CCC1. The van der Waals surface area contributed by atoms with Crippen LogP contribution in [0.1, 0.15) is 6.42 Å². The van der Waals surface area contributed by atoms with Gasteiger partial charge in [0.15, 0.2) is 8.64 Å². The number of nitrogens with zero attached hydrogens (tertiary/aromatic N) is 4.